The second-order valence-electron chi connectivity index (χ2n) is 10.1. The van der Waals surface area contributed by atoms with Crippen LogP contribution in [0.3, 0.4) is 0 Å². The summed E-state index contributed by atoms with van der Waals surface area (Å²) in [6.45, 7) is 5.57. The number of H-pyrrole nitrogens is 2. The SMILES string of the molecule is CC(C)(C)C(=O)Nc1cncc(-c2ccc3[nH]nc(-c4nc5c(-c6cccc(F)c6)cccc5[nH]4)c3n2)c1. The lowest BCUT2D eigenvalue weighted by Crippen LogP contribution is -2.27. The summed E-state index contributed by atoms with van der Waals surface area (Å²) in [5, 5.41) is 10.4. The molecule has 0 saturated heterocycles. The van der Waals surface area contributed by atoms with Gasteiger partial charge in [0.05, 0.1) is 34.1 Å². The summed E-state index contributed by atoms with van der Waals surface area (Å²) in [5.41, 5.74) is 6.53. The number of para-hydroxylation sites is 1. The van der Waals surface area contributed by atoms with Crippen LogP contribution in [0.1, 0.15) is 20.8 Å². The van der Waals surface area contributed by atoms with E-state index in [2.05, 4.69) is 25.5 Å². The summed E-state index contributed by atoms with van der Waals surface area (Å²) in [6.07, 6.45) is 3.31. The minimum atomic E-state index is -0.528. The highest BCUT2D eigenvalue weighted by Gasteiger charge is 2.22. The first-order valence-corrected chi connectivity index (χ1v) is 12.1. The second-order valence-corrected chi connectivity index (χ2v) is 10.1. The van der Waals surface area contributed by atoms with Gasteiger partial charge in [-0.25, -0.2) is 14.4 Å². The fourth-order valence-corrected chi connectivity index (χ4v) is 4.23. The number of hydrogen-bond acceptors (Lipinski definition) is 5. The first-order valence-electron chi connectivity index (χ1n) is 12.1. The lowest BCUT2D eigenvalue weighted by molar-refractivity contribution is -0.123. The molecular weight excluding hydrogens is 481 g/mol. The molecule has 0 bridgehead atoms. The molecule has 0 aliphatic heterocycles. The van der Waals surface area contributed by atoms with Gasteiger partial charge in [0.15, 0.2) is 11.5 Å². The van der Waals surface area contributed by atoms with Crippen molar-refractivity contribution in [2.75, 3.05) is 5.32 Å². The Bertz CT molecular complexity index is 1830. The van der Waals surface area contributed by atoms with E-state index in [0.717, 1.165) is 27.7 Å². The van der Waals surface area contributed by atoms with E-state index < -0.39 is 5.41 Å². The Hall–Kier alpha value is -4.92. The van der Waals surface area contributed by atoms with Gasteiger partial charge in [0.25, 0.3) is 0 Å². The number of aromatic nitrogens is 6. The Morgan fingerprint density at radius 1 is 0.895 bits per heavy atom. The fraction of sp³-hybridized carbons (Fsp3) is 0.138. The normalized spacial score (nSPS) is 11.8. The Balaban J connectivity index is 1.40. The smallest absolute Gasteiger partial charge is 0.229 e. The maximum absolute atomic E-state index is 13.9. The van der Waals surface area contributed by atoms with Crippen LogP contribution < -0.4 is 5.32 Å². The largest absolute Gasteiger partial charge is 0.336 e. The van der Waals surface area contributed by atoms with E-state index in [1.165, 1.54) is 12.1 Å². The van der Waals surface area contributed by atoms with Crippen molar-refractivity contribution in [1.82, 2.24) is 30.1 Å². The van der Waals surface area contributed by atoms with Crippen molar-refractivity contribution in [2.45, 2.75) is 20.8 Å². The Labute approximate surface area is 217 Å². The number of rotatable bonds is 4. The quantitative estimate of drug-likeness (QED) is 0.258. The molecule has 0 saturated carbocycles. The van der Waals surface area contributed by atoms with E-state index in [1.807, 2.05) is 63.2 Å². The maximum atomic E-state index is 13.9. The molecule has 38 heavy (non-hydrogen) atoms. The van der Waals surface area contributed by atoms with Crippen molar-refractivity contribution in [2.24, 2.45) is 5.41 Å². The standard InChI is InChI=1S/C29H24FN7O/c1-29(2,3)28(38)32-19-13-17(14-31-15-19)21-10-11-23-25(33-21)26(37-36-23)27-34-22-9-5-8-20(24(22)35-27)16-6-4-7-18(30)12-16/h4-15H,1-3H3,(H,32,38)(H,34,35)(H,36,37). The summed E-state index contributed by atoms with van der Waals surface area (Å²) in [7, 11) is 0. The first-order chi connectivity index (χ1) is 18.3. The molecule has 0 radical (unpaired) electrons. The summed E-state index contributed by atoms with van der Waals surface area (Å²) in [6, 6.07) is 17.8. The lowest BCUT2D eigenvalue weighted by Gasteiger charge is -2.17. The highest BCUT2D eigenvalue weighted by Crippen LogP contribution is 2.32. The van der Waals surface area contributed by atoms with Crippen molar-refractivity contribution >= 4 is 33.7 Å². The number of benzene rings is 2. The monoisotopic (exact) mass is 505 g/mol. The van der Waals surface area contributed by atoms with Crippen LogP contribution in [0.5, 0.6) is 0 Å². The van der Waals surface area contributed by atoms with Crippen molar-refractivity contribution in [3.63, 3.8) is 0 Å². The minimum absolute atomic E-state index is 0.0977. The number of nitrogens with zero attached hydrogens (tertiary/aromatic N) is 4. The summed E-state index contributed by atoms with van der Waals surface area (Å²) >= 11 is 0. The molecule has 4 aromatic heterocycles. The Kier molecular flexibility index (Phi) is 5.48. The van der Waals surface area contributed by atoms with Gasteiger partial charge in [0, 0.05) is 22.7 Å². The van der Waals surface area contributed by atoms with Crippen LogP contribution in [-0.4, -0.2) is 36.0 Å². The number of halogens is 1. The number of aromatic amines is 2. The molecular formula is C29H24FN7O. The number of amides is 1. The van der Waals surface area contributed by atoms with Crippen LogP contribution in [0.4, 0.5) is 10.1 Å². The van der Waals surface area contributed by atoms with Crippen LogP contribution in [0, 0.1) is 11.2 Å². The van der Waals surface area contributed by atoms with Gasteiger partial charge in [0.1, 0.15) is 11.3 Å². The Morgan fingerprint density at radius 2 is 1.74 bits per heavy atom. The molecule has 3 N–H and O–H groups in total. The molecule has 2 aromatic carbocycles. The van der Waals surface area contributed by atoms with Gasteiger partial charge in [-0.15, -0.1) is 0 Å². The molecule has 0 unspecified atom stereocenters. The average molecular weight is 506 g/mol. The molecule has 6 aromatic rings. The third kappa shape index (κ3) is 4.28. The van der Waals surface area contributed by atoms with Gasteiger partial charge in [0.2, 0.25) is 5.91 Å². The molecule has 8 nitrogen and oxygen atoms in total. The minimum Gasteiger partial charge on any atom is -0.336 e. The fourth-order valence-electron chi connectivity index (χ4n) is 4.23. The molecule has 0 aliphatic rings. The third-order valence-electron chi connectivity index (χ3n) is 6.25. The number of carbonyl (C=O) groups excluding carboxylic acids is 1. The first kappa shape index (κ1) is 23.5. The number of nitrogens with one attached hydrogen (secondary N) is 3. The topological polar surface area (TPSA) is 112 Å². The van der Waals surface area contributed by atoms with E-state index in [4.69, 9.17) is 9.97 Å². The van der Waals surface area contributed by atoms with Crippen molar-refractivity contribution in [3.05, 3.63) is 78.9 Å². The molecule has 0 atom stereocenters. The number of imidazole rings is 1. The third-order valence-corrected chi connectivity index (χ3v) is 6.25. The molecule has 1 amide bonds. The predicted octanol–water partition coefficient (Wildman–Crippen LogP) is 6.35. The van der Waals surface area contributed by atoms with Crippen LogP contribution in [0.15, 0.2) is 73.1 Å². The molecule has 0 aliphatic carbocycles. The van der Waals surface area contributed by atoms with Crippen LogP contribution in [0.2, 0.25) is 0 Å². The van der Waals surface area contributed by atoms with E-state index >= 15 is 0 Å². The number of pyridine rings is 2. The number of anilines is 1. The van der Waals surface area contributed by atoms with Crippen LogP contribution in [-0.2, 0) is 4.79 Å². The summed E-state index contributed by atoms with van der Waals surface area (Å²) < 4.78 is 13.9. The van der Waals surface area contributed by atoms with Gasteiger partial charge in [-0.1, -0.05) is 45.0 Å². The van der Waals surface area contributed by atoms with E-state index in [0.29, 0.717) is 33.9 Å². The van der Waals surface area contributed by atoms with Gasteiger partial charge < -0.3 is 10.3 Å². The van der Waals surface area contributed by atoms with Crippen LogP contribution >= 0.6 is 0 Å². The van der Waals surface area contributed by atoms with E-state index in [-0.39, 0.29) is 11.7 Å². The Morgan fingerprint density at radius 3 is 2.55 bits per heavy atom. The average Bonchev–Trinajstić information content (AvgIpc) is 3.52. The van der Waals surface area contributed by atoms with Crippen molar-refractivity contribution < 1.29 is 9.18 Å². The van der Waals surface area contributed by atoms with E-state index in [9.17, 15) is 9.18 Å². The van der Waals surface area contributed by atoms with Gasteiger partial charge in [-0.05, 0) is 42.0 Å². The number of hydrogen-bond donors (Lipinski definition) is 3. The molecule has 9 heteroatoms. The summed E-state index contributed by atoms with van der Waals surface area (Å²) in [5.74, 6) is 0.144. The zero-order valence-corrected chi connectivity index (χ0v) is 21.0. The van der Waals surface area contributed by atoms with Gasteiger partial charge in [-0.3, -0.25) is 14.9 Å². The molecule has 4 heterocycles. The van der Waals surface area contributed by atoms with E-state index in [1.54, 1.807) is 18.5 Å². The molecule has 6 rings (SSSR count). The second kappa shape index (κ2) is 8.88. The van der Waals surface area contributed by atoms with Crippen molar-refractivity contribution in [1.29, 1.82) is 0 Å². The molecule has 0 spiro atoms. The number of fused-ring (bicyclic) bond motifs is 2. The van der Waals surface area contributed by atoms with Crippen molar-refractivity contribution in [3.8, 4) is 33.9 Å². The molecule has 0 fully saturated rings. The zero-order chi connectivity index (χ0) is 26.4. The zero-order valence-electron chi connectivity index (χ0n) is 21.0. The highest BCUT2D eigenvalue weighted by molar-refractivity contribution is 5.97. The van der Waals surface area contributed by atoms with Gasteiger partial charge in [-0.2, -0.15) is 5.10 Å². The lowest BCUT2D eigenvalue weighted by atomic mass is 9.95. The highest BCUT2D eigenvalue weighted by atomic mass is 19.1. The molecule has 188 valence electrons. The maximum Gasteiger partial charge on any atom is 0.229 e. The van der Waals surface area contributed by atoms with Gasteiger partial charge >= 0.3 is 0 Å². The number of carbonyl (C=O) groups is 1. The summed E-state index contributed by atoms with van der Waals surface area (Å²) in [4.78, 5) is 29.7. The predicted molar refractivity (Wildman–Crippen MR) is 146 cm³/mol. The van der Waals surface area contributed by atoms with Crippen LogP contribution in [0.25, 0.3) is 56.0 Å².